The number of benzene rings is 1. The number of H-pyrrole nitrogens is 1. The molecule has 0 radical (unpaired) electrons. The summed E-state index contributed by atoms with van der Waals surface area (Å²) in [6, 6.07) is 4.02. The number of rotatable bonds is 6. The van der Waals surface area contributed by atoms with E-state index in [1.807, 2.05) is 0 Å². The van der Waals surface area contributed by atoms with Gasteiger partial charge in [-0.05, 0) is 18.9 Å². The number of anilines is 1. The summed E-state index contributed by atoms with van der Waals surface area (Å²) in [6.45, 7) is -3.11. The highest BCUT2D eigenvalue weighted by molar-refractivity contribution is 5.58. The number of aromatic nitrogens is 2. The van der Waals surface area contributed by atoms with Crippen LogP contribution in [0.25, 0.3) is 0 Å². The van der Waals surface area contributed by atoms with Gasteiger partial charge in [-0.2, -0.15) is 8.78 Å². The molecule has 23 heavy (non-hydrogen) atoms. The first-order chi connectivity index (χ1) is 11.0. The summed E-state index contributed by atoms with van der Waals surface area (Å²) in [4.78, 5) is 17.3. The number of halogens is 2. The Hall–Kier alpha value is -2.71. The van der Waals surface area contributed by atoms with E-state index in [-0.39, 0.29) is 6.04 Å². The van der Waals surface area contributed by atoms with E-state index in [0.717, 1.165) is 24.7 Å². The summed E-state index contributed by atoms with van der Waals surface area (Å²) < 4.78 is 29.0. The van der Waals surface area contributed by atoms with Crippen LogP contribution in [-0.4, -0.2) is 27.5 Å². The van der Waals surface area contributed by atoms with E-state index in [2.05, 4.69) is 20.0 Å². The minimum absolute atomic E-state index is 0.158. The Morgan fingerprint density at radius 3 is 2.83 bits per heavy atom. The van der Waals surface area contributed by atoms with Crippen molar-refractivity contribution in [3.05, 3.63) is 46.5 Å². The van der Waals surface area contributed by atoms with Crippen molar-refractivity contribution in [2.24, 2.45) is 0 Å². The molecule has 0 unspecified atom stereocenters. The second-order valence-electron chi connectivity index (χ2n) is 5.30. The molecule has 2 N–H and O–H groups in total. The van der Waals surface area contributed by atoms with Gasteiger partial charge < -0.3 is 15.0 Å². The van der Waals surface area contributed by atoms with Crippen LogP contribution in [0.1, 0.15) is 24.6 Å². The third-order valence-electron chi connectivity index (χ3n) is 3.79. The molecule has 1 aliphatic carbocycles. The number of alkyl halides is 2. The van der Waals surface area contributed by atoms with Crippen molar-refractivity contribution in [1.29, 1.82) is 0 Å². The first kappa shape index (κ1) is 15.2. The minimum Gasteiger partial charge on any atom is -0.427 e. The number of hydrogen-bond donors (Lipinski definition) is 2. The van der Waals surface area contributed by atoms with Gasteiger partial charge in [0.2, 0.25) is 5.75 Å². The Morgan fingerprint density at radius 1 is 1.43 bits per heavy atom. The molecule has 7 nitrogen and oxygen atoms in total. The van der Waals surface area contributed by atoms with Crippen molar-refractivity contribution in [2.45, 2.75) is 31.4 Å². The van der Waals surface area contributed by atoms with Crippen LogP contribution in [0, 0.1) is 10.1 Å². The van der Waals surface area contributed by atoms with Gasteiger partial charge in [0.1, 0.15) is 5.82 Å². The zero-order valence-electron chi connectivity index (χ0n) is 11.9. The van der Waals surface area contributed by atoms with Crippen LogP contribution in [0.2, 0.25) is 0 Å². The Labute approximate surface area is 129 Å². The van der Waals surface area contributed by atoms with E-state index in [0.29, 0.717) is 11.6 Å². The number of imidazole rings is 1. The number of nitro benzene ring substituents is 1. The standard InChI is InChI=1S/C14H14F2N4O3/c15-14(16)23-12-7-9(1-2-11(12)20(21)22)19-10-5-8(6-10)13-17-3-4-18-13/h1-4,7-8,10,14,19H,5-6H2,(H,17,18). The van der Waals surface area contributed by atoms with Gasteiger partial charge in [-0.3, -0.25) is 10.1 Å². The van der Waals surface area contributed by atoms with Gasteiger partial charge >= 0.3 is 12.3 Å². The molecule has 1 aromatic heterocycles. The lowest BCUT2D eigenvalue weighted by Gasteiger charge is -2.35. The van der Waals surface area contributed by atoms with Crippen molar-refractivity contribution in [1.82, 2.24) is 9.97 Å². The van der Waals surface area contributed by atoms with Crippen LogP contribution in [0.15, 0.2) is 30.6 Å². The number of nitro groups is 1. The monoisotopic (exact) mass is 324 g/mol. The first-order valence-corrected chi connectivity index (χ1v) is 7.02. The molecule has 2 aromatic rings. The lowest BCUT2D eigenvalue weighted by atomic mass is 9.79. The summed E-state index contributed by atoms with van der Waals surface area (Å²) in [5.41, 5.74) is 0.0204. The third-order valence-corrected chi connectivity index (χ3v) is 3.79. The molecule has 0 saturated heterocycles. The molecule has 0 bridgehead atoms. The number of nitrogens with zero attached hydrogens (tertiary/aromatic N) is 2. The number of aromatic amines is 1. The van der Waals surface area contributed by atoms with E-state index >= 15 is 0 Å². The van der Waals surface area contributed by atoms with Gasteiger partial charge in [0.25, 0.3) is 0 Å². The molecular formula is C14H14F2N4O3. The lowest BCUT2D eigenvalue weighted by molar-refractivity contribution is -0.386. The normalized spacial score (nSPS) is 20.1. The fourth-order valence-corrected chi connectivity index (χ4v) is 2.64. The molecule has 1 heterocycles. The first-order valence-electron chi connectivity index (χ1n) is 7.02. The second-order valence-corrected chi connectivity index (χ2v) is 5.30. The molecule has 3 rings (SSSR count). The largest absolute Gasteiger partial charge is 0.427 e. The zero-order valence-corrected chi connectivity index (χ0v) is 11.9. The van der Waals surface area contributed by atoms with Crippen LogP contribution in [0.3, 0.4) is 0 Å². The number of nitrogens with one attached hydrogen (secondary N) is 2. The van der Waals surface area contributed by atoms with E-state index < -0.39 is 23.0 Å². The van der Waals surface area contributed by atoms with Gasteiger partial charge in [0, 0.05) is 42.2 Å². The molecular weight excluding hydrogens is 310 g/mol. The molecule has 0 atom stereocenters. The molecule has 1 aromatic carbocycles. The maximum atomic E-state index is 12.4. The van der Waals surface area contributed by atoms with E-state index in [4.69, 9.17) is 0 Å². The highest BCUT2D eigenvalue weighted by Gasteiger charge is 2.32. The Bertz CT molecular complexity index is 687. The molecule has 1 aliphatic rings. The number of hydrogen-bond acceptors (Lipinski definition) is 5. The van der Waals surface area contributed by atoms with Gasteiger partial charge in [-0.25, -0.2) is 4.98 Å². The summed E-state index contributed by atoms with van der Waals surface area (Å²) >= 11 is 0. The predicted molar refractivity (Wildman–Crippen MR) is 77.7 cm³/mol. The van der Waals surface area contributed by atoms with Crippen molar-refractivity contribution in [2.75, 3.05) is 5.32 Å². The molecule has 0 amide bonds. The molecule has 9 heteroatoms. The predicted octanol–water partition coefficient (Wildman–Crippen LogP) is 3.28. The van der Waals surface area contributed by atoms with Crippen molar-refractivity contribution in [3.8, 4) is 5.75 Å². The smallest absolute Gasteiger partial charge is 0.387 e. The Kier molecular flexibility index (Phi) is 4.09. The topological polar surface area (TPSA) is 93.1 Å². The van der Waals surface area contributed by atoms with Crippen LogP contribution >= 0.6 is 0 Å². The SMILES string of the molecule is O=[N+]([O-])c1ccc(NC2CC(c3ncc[nH]3)C2)cc1OC(F)F. The molecule has 122 valence electrons. The minimum atomic E-state index is -3.11. The van der Waals surface area contributed by atoms with Gasteiger partial charge in [-0.15, -0.1) is 0 Å². The van der Waals surface area contributed by atoms with Gasteiger partial charge in [-0.1, -0.05) is 0 Å². The molecule has 0 spiro atoms. The van der Waals surface area contributed by atoms with Crippen molar-refractivity contribution >= 4 is 11.4 Å². The summed E-state index contributed by atoms with van der Waals surface area (Å²) in [6.07, 6.45) is 5.14. The molecule has 0 aliphatic heterocycles. The second kappa shape index (κ2) is 6.19. The number of ether oxygens (including phenoxy) is 1. The van der Waals surface area contributed by atoms with Gasteiger partial charge in [0.05, 0.1) is 4.92 Å². The molecule has 1 saturated carbocycles. The molecule has 1 fully saturated rings. The Balaban J connectivity index is 1.65. The maximum Gasteiger partial charge on any atom is 0.387 e. The Morgan fingerprint density at radius 2 is 2.22 bits per heavy atom. The fourth-order valence-electron chi connectivity index (χ4n) is 2.64. The van der Waals surface area contributed by atoms with Crippen LogP contribution < -0.4 is 10.1 Å². The lowest BCUT2D eigenvalue weighted by Crippen LogP contribution is -2.34. The van der Waals surface area contributed by atoms with Crippen molar-refractivity contribution in [3.63, 3.8) is 0 Å². The summed E-state index contributed by atoms with van der Waals surface area (Å²) in [5, 5.41) is 14.0. The summed E-state index contributed by atoms with van der Waals surface area (Å²) in [7, 11) is 0. The highest BCUT2D eigenvalue weighted by Crippen LogP contribution is 2.38. The van der Waals surface area contributed by atoms with Crippen LogP contribution in [-0.2, 0) is 0 Å². The van der Waals surface area contributed by atoms with Crippen molar-refractivity contribution < 1.29 is 18.4 Å². The van der Waals surface area contributed by atoms with E-state index in [1.54, 1.807) is 12.4 Å². The van der Waals surface area contributed by atoms with Crippen LogP contribution in [0.4, 0.5) is 20.2 Å². The fraction of sp³-hybridized carbons (Fsp3) is 0.357. The van der Waals surface area contributed by atoms with E-state index in [9.17, 15) is 18.9 Å². The summed E-state index contributed by atoms with van der Waals surface area (Å²) in [5.74, 6) is 0.808. The van der Waals surface area contributed by atoms with Crippen LogP contribution in [0.5, 0.6) is 5.75 Å². The van der Waals surface area contributed by atoms with Gasteiger partial charge in [0.15, 0.2) is 0 Å². The average Bonchev–Trinajstić information content (AvgIpc) is 2.95. The quantitative estimate of drug-likeness (QED) is 0.628. The van der Waals surface area contributed by atoms with E-state index in [1.165, 1.54) is 12.1 Å². The third kappa shape index (κ3) is 3.38. The zero-order chi connectivity index (χ0) is 16.4. The highest BCUT2D eigenvalue weighted by atomic mass is 19.3. The maximum absolute atomic E-state index is 12.4. The average molecular weight is 324 g/mol.